The van der Waals surface area contributed by atoms with E-state index in [4.69, 9.17) is 0 Å². The van der Waals surface area contributed by atoms with Gasteiger partial charge >= 0.3 is 12.7 Å². The lowest BCUT2D eigenvalue weighted by molar-refractivity contribution is -0.729. The topological polar surface area (TPSA) is 38.5 Å². The minimum absolute atomic E-state index is 0.253. The number of rotatable bonds is 1. The highest BCUT2D eigenvalue weighted by molar-refractivity contribution is 6.92. The lowest BCUT2D eigenvalue weighted by atomic mass is 9.78. The maximum atomic E-state index is 13.1. The molecule has 1 aliphatic heterocycles. The second-order valence-electron chi connectivity index (χ2n) is 2.47. The first-order valence-electron chi connectivity index (χ1n) is 3.24. The van der Waals surface area contributed by atoms with E-state index in [1.165, 1.54) is 14.0 Å². The summed E-state index contributed by atoms with van der Waals surface area (Å²) in [6, 6.07) is 0. The fourth-order valence-electron chi connectivity index (χ4n) is 0.750. The first-order valence-corrected chi connectivity index (χ1v) is 3.24. The Labute approximate surface area is 63.6 Å². The molecule has 0 aromatic heterocycles. The van der Waals surface area contributed by atoms with Crippen molar-refractivity contribution in [3.8, 4) is 0 Å². The van der Waals surface area contributed by atoms with Crippen LogP contribution in [-0.4, -0.2) is 30.2 Å². The molecule has 0 amide bonds. The standard InChI is InChI=1S/C5H9BFNO3/c1-4(9)6(7)10-5(2)8(3)11-6/h1-3H3. The van der Waals surface area contributed by atoms with Crippen LogP contribution in [0.15, 0.2) is 0 Å². The number of hydroxylamine groups is 1. The van der Waals surface area contributed by atoms with E-state index >= 15 is 0 Å². The van der Waals surface area contributed by atoms with Crippen molar-refractivity contribution in [3.05, 3.63) is 0 Å². The van der Waals surface area contributed by atoms with E-state index in [1.807, 2.05) is 0 Å². The van der Waals surface area contributed by atoms with Crippen molar-refractivity contribution in [2.24, 2.45) is 0 Å². The summed E-state index contributed by atoms with van der Waals surface area (Å²) in [5.41, 5.74) is -0.742. The number of carbonyl (C=O) groups is 1. The van der Waals surface area contributed by atoms with Gasteiger partial charge in [0.05, 0.1) is 12.6 Å². The second kappa shape index (κ2) is 2.22. The van der Waals surface area contributed by atoms with Crippen LogP contribution in [0.5, 0.6) is 0 Å². The summed E-state index contributed by atoms with van der Waals surface area (Å²) >= 11 is 0. The molecule has 1 atom stereocenters. The average molecular weight is 161 g/mol. The van der Waals surface area contributed by atoms with Gasteiger partial charge in [0.25, 0.3) is 0 Å². The van der Waals surface area contributed by atoms with Crippen LogP contribution in [0.1, 0.15) is 13.8 Å². The lowest BCUT2D eigenvalue weighted by Crippen LogP contribution is -2.42. The van der Waals surface area contributed by atoms with Crippen molar-refractivity contribution < 1.29 is 23.3 Å². The molecule has 1 heterocycles. The van der Waals surface area contributed by atoms with Gasteiger partial charge in [0, 0.05) is 0 Å². The summed E-state index contributed by atoms with van der Waals surface area (Å²) in [7, 11) is 1.47. The molecule has 1 aliphatic rings. The largest absolute Gasteiger partial charge is 0.648 e. The summed E-state index contributed by atoms with van der Waals surface area (Å²) in [6.07, 6.45) is 0. The number of hydrogen-bond acceptors (Lipinski definition) is 3. The highest BCUT2D eigenvalue weighted by atomic mass is 19.1. The highest BCUT2D eigenvalue weighted by Crippen LogP contribution is 2.16. The summed E-state index contributed by atoms with van der Waals surface area (Å²) < 4.78 is 23.4. The van der Waals surface area contributed by atoms with Gasteiger partial charge in [-0.2, -0.15) is 0 Å². The van der Waals surface area contributed by atoms with Gasteiger partial charge in [-0.15, -0.1) is 0 Å². The maximum Gasteiger partial charge on any atom is 0.648 e. The van der Waals surface area contributed by atoms with Crippen molar-refractivity contribution in [1.29, 1.82) is 0 Å². The summed E-state index contributed by atoms with van der Waals surface area (Å²) in [4.78, 5) is 10.6. The maximum absolute atomic E-state index is 13.1. The fourth-order valence-corrected chi connectivity index (χ4v) is 0.750. The normalized spacial score (nSPS) is 29.8. The molecule has 1 rings (SSSR count). The molecule has 1 unspecified atom stereocenters. The molecule has 0 aromatic rings. The molecule has 4 nitrogen and oxygen atoms in total. The predicted octanol–water partition coefficient (Wildman–Crippen LogP) is 0.0455. The Hall–Kier alpha value is -1.07. The van der Waals surface area contributed by atoms with Gasteiger partial charge in [-0.25, -0.2) is 0 Å². The minimum Gasteiger partial charge on any atom is -0.601 e. The monoisotopic (exact) mass is 161 g/mol. The molecular weight excluding hydrogens is 152 g/mol. The van der Waals surface area contributed by atoms with Crippen LogP contribution in [0.2, 0.25) is 0 Å². The Morgan fingerprint density at radius 2 is 2.27 bits per heavy atom. The van der Waals surface area contributed by atoms with E-state index in [-0.39, 0.29) is 5.90 Å². The third kappa shape index (κ3) is 1.20. The third-order valence-electron chi connectivity index (χ3n) is 1.54. The molecule has 11 heavy (non-hydrogen) atoms. The zero-order chi connectivity index (χ0) is 8.65. The molecule has 0 N–H and O–H groups in total. The van der Waals surface area contributed by atoms with Crippen LogP contribution in [-0.2, 0) is 14.2 Å². The van der Waals surface area contributed by atoms with E-state index in [1.54, 1.807) is 0 Å². The SMILES string of the molecule is CC(=O)[B-]1(F)OC(C)=[N+](C)O1. The molecule has 0 fully saturated rings. The van der Waals surface area contributed by atoms with E-state index in [2.05, 4.69) is 9.41 Å². The van der Waals surface area contributed by atoms with E-state index in [0.717, 1.165) is 11.7 Å². The fraction of sp³-hybridized carbons (Fsp3) is 0.600. The van der Waals surface area contributed by atoms with Gasteiger partial charge < -0.3 is 18.5 Å². The van der Waals surface area contributed by atoms with Gasteiger partial charge in [-0.05, 0) is 11.7 Å². The third-order valence-corrected chi connectivity index (χ3v) is 1.54. The Morgan fingerprint density at radius 1 is 1.73 bits per heavy atom. The Bertz CT molecular complexity index is 226. The quantitative estimate of drug-likeness (QED) is 0.402. The van der Waals surface area contributed by atoms with Gasteiger partial charge in [0.1, 0.15) is 0 Å². The van der Waals surface area contributed by atoms with Crippen LogP contribution in [0.3, 0.4) is 0 Å². The zero-order valence-corrected chi connectivity index (χ0v) is 6.63. The van der Waals surface area contributed by atoms with Crippen molar-refractivity contribution in [2.75, 3.05) is 7.05 Å². The molecule has 0 bridgehead atoms. The number of carbonyl (C=O) groups excluding carboxylic acids is 1. The smallest absolute Gasteiger partial charge is 0.601 e. The van der Waals surface area contributed by atoms with Gasteiger partial charge in [0.15, 0.2) is 7.05 Å². The van der Waals surface area contributed by atoms with Gasteiger partial charge in [0.2, 0.25) is 0 Å². The molecule has 0 radical (unpaired) electrons. The Kier molecular flexibility index (Phi) is 1.62. The van der Waals surface area contributed by atoms with Gasteiger partial charge in [-0.3, -0.25) is 0 Å². The summed E-state index contributed by atoms with van der Waals surface area (Å²) in [6.45, 7) is -0.645. The molecule has 0 spiro atoms. The molecule has 0 saturated heterocycles. The number of hydrogen-bond donors (Lipinski definition) is 0. The number of halogens is 1. The highest BCUT2D eigenvalue weighted by Gasteiger charge is 2.49. The summed E-state index contributed by atoms with van der Waals surface area (Å²) in [5.74, 6) is 0.253. The van der Waals surface area contributed by atoms with Crippen molar-refractivity contribution >= 4 is 18.4 Å². The number of nitrogens with zero attached hydrogens (tertiary/aromatic N) is 1. The molecule has 6 heteroatoms. The van der Waals surface area contributed by atoms with Crippen LogP contribution in [0, 0.1) is 0 Å². The minimum atomic E-state index is -3.25. The first kappa shape index (κ1) is 8.04. The van der Waals surface area contributed by atoms with E-state index in [9.17, 15) is 9.11 Å². The average Bonchev–Trinajstić information content (AvgIpc) is 2.09. The van der Waals surface area contributed by atoms with Gasteiger partial charge in [-0.1, -0.05) is 0 Å². The lowest BCUT2D eigenvalue weighted by Gasteiger charge is -2.16. The Balaban J connectivity index is 2.80. The molecule has 0 aromatic carbocycles. The first-order chi connectivity index (χ1) is 4.96. The molecular formula is C5H9BFNO3. The van der Waals surface area contributed by atoms with Crippen LogP contribution in [0.4, 0.5) is 4.32 Å². The van der Waals surface area contributed by atoms with Crippen LogP contribution in [0.25, 0.3) is 0 Å². The van der Waals surface area contributed by atoms with Crippen molar-refractivity contribution in [3.63, 3.8) is 0 Å². The molecule has 0 saturated carbocycles. The predicted molar refractivity (Wildman–Crippen MR) is 36.6 cm³/mol. The Morgan fingerprint density at radius 3 is 2.45 bits per heavy atom. The molecule has 62 valence electrons. The molecule has 0 aliphatic carbocycles. The van der Waals surface area contributed by atoms with E-state index in [0.29, 0.717) is 0 Å². The second-order valence-corrected chi connectivity index (χ2v) is 2.47. The summed E-state index contributed by atoms with van der Waals surface area (Å²) in [5, 5.41) is 0. The zero-order valence-electron chi connectivity index (χ0n) is 6.63. The van der Waals surface area contributed by atoms with Crippen molar-refractivity contribution in [2.45, 2.75) is 13.8 Å². The van der Waals surface area contributed by atoms with Crippen molar-refractivity contribution in [1.82, 2.24) is 0 Å². The van der Waals surface area contributed by atoms with Crippen LogP contribution < -0.4 is 0 Å². The van der Waals surface area contributed by atoms with Crippen LogP contribution >= 0.6 is 0 Å². The van der Waals surface area contributed by atoms with E-state index < -0.39 is 12.5 Å².